The summed E-state index contributed by atoms with van der Waals surface area (Å²) in [6.07, 6.45) is 1.04. The van der Waals surface area contributed by atoms with Crippen molar-refractivity contribution in [1.82, 2.24) is 10.2 Å². The molecule has 0 spiro atoms. The van der Waals surface area contributed by atoms with Gasteiger partial charge in [-0.3, -0.25) is 0 Å². The Labute approximate surface area is 95.2 Å². The van der Waals surface area contributed by atoms with Crippen LogP contribution in [0, 0.1) is 0 Å². The van der Waals surface area contributed by atoms with Crippen LogP contribution in [0.5, 0.6) is 0 Å². The highest BCUT2D eigenvalue weighted by atomic mass is 79.9. The molecule has 2 heterocycles. The molecule has 1 aliphatic rings. The zero-order valence-corrected chi connectivity index (χ0v) is 10.0. The summed E-state index contributed by atoms with van der Waals surface area (Å²) in [6.45, 7) is 2.37. The van der Waals surface area contributed by atoms with Crippen LogP contribution in [0.25, 0.3) is 0 Å². The van der Waals surface area contributed by atoms with E-state index in [1.165, 1.54) is 5.56 Å². The Morgan fingerprint density at radius 3 is 3.14 bits per heavy atom. The average Bonchev–Trinajstić information content (AvgIpc) is 2.56. The monoisotopic (exact) mass is 274 g/mol. The van der Waals surface area contributed by atoms with Crippen LogP contribution in [0.3, 0.4) is 0 Å². The van der Waals surface area contributed by atoms with E-state index >= 15 is 0 Å². The molecule has 0 aromatic carbocycles. The van der Waals surface area contributed by atoms with E-state index in [2.05, 4.69) is 27.3 Å². The summed E-state index contributed by atoms with van der Waals surface area (Å²) < 4.78 is 1.12. The minimum absolute atomic E-state index is 0.0503. The van der Waals surface area contributed by atoms with Gasteiger partial charge in [0.15, 0.2) is 0 Å². The number of rotatable bonds is 2. The largest absolute Gasteiger partial charge is 0.338 e. The Morgan fingerprint density at radius 2 is 2.50 bits per heavy atom. The van der Waals surface area contributed by atoms with E-state index in [-0.39, 0.29) is 6.03 Å². The molecule has 0 saturated carbocycles. The average molecular weight is 275 g/mol. The molecule has 3 nitrogen and oxygen atoms in total. The van der Waals surface area contributed by atoms with Gasteiger partial charge in [-0.05, 0) is 39.4 Å². The van der Waals surface area contributed by atoms with Crippen LogP contribution in [0.15, 0.2) is 15.2 Å². The standard InChI is InChI=1S/C9H11BrN2OS/c10-8-7(2-5-14-8)6-12-4-1-3-11-9(12)13/h2,5H,1,3-4,6H2,(H,11,13). The quantitative estimate of drug-likeness (QED) is 0.883. The lowest BCUT2D eigenvalue weighted by molar-refractivity contribution is 0.183. The zero-order valence-electron chi connectivity index (χ0n) is 7.62. The number of urea groups is 1. The number of nitrogens with one attached hydrogen (secondary N) is 1. The molecular formula is C9H11BrN2OS. The summed E-state index contributed by atoms with van der Waals surface area (Å²) >= 11 is 5.13. The van der Waals surface area contributed by atoms with E-state index in [9.17, 15) is 4.79 Å². The highest BCUT2D eigenvalue weighted by molar-refractivity contribution is 9.11. The van der Waals surface area contributed by atoms with Gasteiger partial charge in [0.25, 0.3) is 0 Å². The second-order valence-electron chi connectivity index (χ2n) is 3.23. The van der Waals surface area contributed by atoms with Crippen molar-refractivity contribution in [2.75, 3.05) is 13.1 Å². The first-order chi connectivity index (χ1) is 6.77. The molecule has 0 atom stereocenters. The topological polar surface area (TPSA) is 32.3 Å². The Bertz CT molecular complexity index is 339. The first-order valence-electron chi connectivity index (χ1n) is 4.52. The van der Waals surface area contributed by atoms with Gasteiger partial charge < -0.3 is 10.2 Å². The van der Waals surface area contributed by atoms with E-state index in [1.54, 1.807) is 11.3 Å². The van der Waals surface area contributed by atoms with Crippen LogP contribution in [-0.2, 0) is 6.54 Å². The molecule has 0 aliphatic carbocycles. The van der Waals surface area contributed by atoms with Crippen molar-refractivity contribution < 1.29 is 4.79 Å². The van der Waals surface area contributed by atoms with Crippen LogP contribution >= 0.6 is 27.3 Å². The second-order valence-corrected chi connectivity index (χ2v) is 5.46. The number of hydrogen-bond acceptors (Lipinski definition) is 2. The van der Waals surface area contributed by atoms with Crippen molar-refractivity contribution in [1.29, 1.82) is 0 Å². The van der Waals surface area contributed by atoms with E-state index in [0.717, 1.165) is 23.3 Å². The third-order valence-corrected chi connectivity index (χ3v) is 4.03. The molecule has 0 radical (unpaired) electrons. The zero-order chi connectivity index (χ0) is 9.97. The van der Waals surface area contributed by atoms with Crippen molar-refractivity contribution in [3.63, 3.8) is 0 Å². The van der Waals surface area contributed by atoms with Gasteiger partial charge in [-0.1, -0.05) is 0 Å². The number of carbonyl (C=O) groups excluding carboxylic acids is 1. The Kier molecular flexibility index (Phi) is 3.08. The minimum atomic E-state index is 0.0503. The van der Waals surface area contributed by atoms with Crippen molar-refractivity contribution in [3.8, 4) is 0 Å². The Morgan fingerprint density at radius 1 is 1.64 bits per heavy atom. The lowest BCUT2D eigenvalue weighted by atomic mass is 10.2. The van der Waals surface area contributed by atoms with Gasteiger partial charge in [-0.2, -0.15) is 0 Å². The molecule has 1 saturated heterocycles. The molecule has 5 heteroatoms. The van der Waals surface area contributed by atoms with E-state index < -0.39 is 0 Å². The fourth-order valence-corrected chi connectivity index (χ4v) is 2.68. The van der Waals surface area contributed by atoms with Gasteiger partial charge >= 0.3 is 6.03 Å². The predicted molar refractivity (Wildman–Crippen MR) is 60.4 cm³/mol. The first-order valence-corrected chi connectivity index (χ1v) is 6.19. The fraction of sp³-hybridized carbons (Fsp3) is 0.444. The lowest BCUT2D eigenvalue weighted by Crippen LogP contribution is -2.45. The molecule has 76 valence electrons. The Hall–Kier alpha value is -0.550. The summed E-state index contributed by atoms with van der Waals surface area (Å²) in [5.74, 6) is 0. The van der Waals surface area contributed by atoms with E-state index in [1.807, 2.05) is 10.3 Å². The van der Waals surface area contributed by atoms with Crippen LogP contribution in [-0.4, -0.2) is 24.0 Å². The molecule has 1 fully saturated rings. The fourth-order valence-electron chi connectivity index (χ4n) is 1.47. The van der Waals surface area contributed by atoms with Crippen LogP contribution in [0.2, 0.25) is 0 Å². The number of halogens is 1. The summed E-state index contributed by atoms with van der Waals surface area (Å²) in [5.41, 5.74) is 1.19. The molecule has 0 unspecified atom stereocenters. The SMILES string of the molecule is O=C1NCCCN1Cc1ccsc1Br. The van der Waals surface area contributed by atoms with Crippen LogP contribution in [0.1, 0.15) is 12.0 Å². The molecule has 1 N–H and O–H groups in total. The van der Waals surface area contributed by atoms with Crippen molar-refractivity contribution in [3.05, 3.63) is 20.8 Å². The number of carbonyl (C=O) groups is 1. The van der Waals surface area contributed by atoms with E-state index in [0.29, 0.717) is 6.54 Å². The summed E-state index contributed by atoms with van der Waals surface area (Å²) in [5, 5.41) is 4.87. The number of hydrogen-bond donors (Lipinski definition) is 1. The molecule has 0 bridgehead atoms. The van der Waals surface area contributed by atoms with Crippen molar-refractivity contribution in [2.24, 2.45) is 0 Å². The first kappa shape index (κ1) is 9.98. The molecule has 2 rings (SSSR count). The highest BCUT2D eigenvalue weighted by Gasteiger charge is 2.18. The third-order valence-electron chi connectivity index (χ3n) is 2.22. The van der Waals surface area contributed by atoms with Gasteiger partial charge in [0.2, 0.25) is 0 Å². The molecule has 1 aromatic heterocycles. The van der Waals surface area contributed by atoms with Gasteiger partial charge in [0, 0.05) is 19.6 Å². The lowest BCUT2D eigenvalue weighted by Gasteiger charge is -2.27. The maximum absolute atomic E-state index is 11.4. The molecule has 14 heavy (non-hydrogen) atoms. The molecule has 1 aliphatic heterocycles. The van der Waals surface area contributed by atoms with E-state index in [4.69, 9.17) is 0 Å². The normalized spacial score (nSPS) is 16.9. The number of thiophene rings is 1. The van der Waals surface area contributed by atoms with Crippen LogP contribution in [0.4, 0.5) is 4.79 Å². The summed E-state index contributed by atoms with van der Waals surface area (Å²) in [7, 11) is 0. The minimum Gasteiger partial charge on any atom is -0.338 e. The number of amides is 2. The van der Waals surface area contributed by atoms with Gasteiger partial charge in [0.1, 0.15) is 0 Å². The second kappa shape index (κ2) is 4.31. The van der Waals surface area contributed by atoms with Crippen molar-refractivity contribution >= 4 is 33.3 Å². The summed E-state index contributed by atoms with van der Waals surface area (Å²) in [4.78, 5) is 13.3. The predicted octanol–water partition coefficient (Wildman–Crippen LogP) is 2.43. The van der Waals surface area contributed by atoms with Gasteiger partial charge in [-0.25, -0.2) is 4.79 Å². The maximum Gasteiger partial charge on any atom is 0.317 e. The third kappa shape index (κ3) is 2.09. The molecular weight excluding hydrogens is 264 g/mol. The number of nitrogens with zero attached hydrogens (tertiary/aromatic N) is 1. The highest BCUT2D eigenvalue weighted by Crippen LogP contribution is 2.24. The smallest absolute Gasteiger partial charge is 0.317 e. The Balaban J connectivity index is 2.03. The van der Waals surface area contributed by atoms with Crippen molar-refractivity contribution in [2.45, 2.75) is 13.0 Å². The summed E-state index contributed by atoms with van der Waals surface area (Å²) in [6, 6.07) is 2.10. The van der Waals surface area contributed by atoms with Gasteiger partial charge in [0.05, 0.1) is 3.79 Å². The molecule has 1 aromatic rings. The maximum atomic E-state index is 11.4. The van der Waals surface area contributed by atoms with Gasteiger partial charge in [-0.15, -0.1) is 11.3 Å². The molecule has 2 amide bonds. The van der Waals surface area contributed by atoms with Crippen LogP contribution < -0.4 is 5.32 Å².